The number of anilines is 1. The van der Waals surface area contributed by atoms with Crippen molar-refractivity contribution in [3.63, 3.8) is 0 Å². The van der Waals surface area contributed by atoms with Gasteiger partial charge in [0.15, 0.2) is 5.13 Å². The van der Waals surface area contributed by atoms with Crippen molar-refractivity contribution in [1.82, 2.24) is 20.1 Å². The number of carbonyl (C=O) groups is 1. The van der Waals surface area contributed by atoms with Crippen molar-refractivity contribution < 1.29 is 4.79 Å². The highest BCUT2D eigenvalue weighted by atomic mass is 32.1. The highest BCUT2D eigenvalue weighted by molar-refractivity contribution is 7.13. The number of H-pyrrole nitrogens is 1. The molecular formula is C14H19N5OS. The lowest BCUT2D eigenvalue weighted by molar-refractivity contribution is -0.114. The first kappa shape index (κ1) is 14.2. The Labute approximate surface area is 127 Å². The highest BCUT2D eigenvalue weighted by Crippen LogP contribution is 2.27. The Bertz CT molecular complexity index is 586. The molecule has 0 atom stereocenters. The van der Waals surface area contributed by atoms with Gasteiger partial charge in [0.2, 0.25) is 5.91 Å². The van der Waals surface area contributed by atoms with Crippen LogP contribution in [0.2, 0.25) is 0 Å². The van der Waals surface area contributed by atoms with Crippen LogP contribution in [0.15, 0.2) is 17.6 Å². The van der Waals surface area contributed by atoms with Crippen LogP contribution in [0.4, 0.5) is 5.13 Å². The van der Waals surface area contributed by atoms with Crippen LogP contribution in [0.5, 0.6) is 0 Å². The molecule has 2 aromatic rings. The van der Waals surface area contributed by atoms with E-state index in [0.717, 1.165) is 38.2 Å². The number of aromatic nitrogens is 3. The molecule has 6 nitrogen and oxygen atoms in total. The van der Waals surface area contributed by atoms with Crippen LogP contribution in [-0.2, 0) is 11.3 Å². The SMILES string of the molecule is CC(=O)Nc1nc(CN2CCC(c3ccn[nH]3)CC2)cs1. The molecule has 1 fully saturated rings. The summed E-state index contributed by atoms with van der Waals surface area (Å²) in [5, 5.41) is 12.5. The minimum absolute atomic E-state index is 0.0729. The maximum absolute atomic E-state index is 11.0. The van der Waals surface area contributed by atoms with Gasteiger partial charge in [0.25, 0.3) is 0 Å². The number of amides is 1. The van der Waals surface area contributed by atoms with Gasteiger partial charge in [-0.2, -0.15) is 5.10 Å². The normalized spacial score (nSPS) is 17.0. The first-order chi connectivity index (χ1) is 10.2. The zero-order chi connectivity index (χ0) is 14.7. The van der Waals surface area contributed by atoms with Gasteiger partial charge in [0, 0.05) is 36.7 Å². The number of nitrogens with one attached hydrogen (secondary N) is 2. The summed E-state index contributed by atoms with van der Waals surface area (Å²) < 4.78 is 0. The molecule has 7 heteroatoms. The molecule has 21 heavy (non-hydrogen) atoms. The molecule has 0 aromatic carbocycles. The number of hydrogen-bond acceptors (Lipinski definition) is 5. The molecule has 2 N–H and O–H groups in total. The van der Waals surface area contributed by atoms with E-state index in [-0.39, 0.29) is 5.91 Å². The summed E-state index contributed by atoms with van der Waals surface area (Å²) >= 11 is 1.48. The van der Waals surface area contributed by atoms with Crippen LogP contribution in [-0.4, -0.2) is 39.1 Å². The van der Waals surface area contributed by atoms with Crippen LogP contribution >= 0.6 is 11.3 Å². The summed E-state index contributed by atoms with van der Waals surface area (Å²) in [6.45, 7) is 4.49. The Kier molecular flexibility index (Phi) is 4.31. The monoisotopic (exact) mass is 305 g/mol. The largest absolute Gasteiger partial charge is 0.302 e. The van der Waals surface area contributed by atoms with E-state index in [9.17, 15) is 4.79 Å². The van der Waals surface area contributed by atoms with Gasteiger partial charge in [-0.25, -0.2) is 4.98 Å². The molecule has 0 saturated carbocycles. The first-order valence-corrected chi connectivity index (χ1v) is 8.02. The molecule has 0 aliphatic carbocycles. The molecule has 1 aliphatic rings. The standard InChI is InChI=1S/C14H19N5OS/c1-10(20)16-14-17-12(9-21-14)8-19-6-3-11(4-7-19)13-2-5-15-18-13/h2,5,9,11H,3-4,6-8H2,1H3,(H,15,18)(H,16,17,20). The number of hydrogen-bond donors (Lipinski definition) is 2. The number of carbonyl (C=O) groups excluding carboxylic acids is 1. The van der Waals surface area contributed by atoms with E-state index in [1.807, 2.05) is 11.6 Å². The van der Waals surface area contributed by atoms with Gasteiger partial charge in [-0.05, 0) is 32.0 Å². The van der Waals surface area contributed by atoms with E-state index < -0.39 is 0 Å². The second-order valence-electron chi connectivity index (χ2n) is 5.39. The Balaban J connectivity index is 1.51. The van der Waals surface area contributed by atoms with Gasteiger partial charge in [-0.3, -0.25) is 14.8 Å². The molecule has 2 aromatic heterocycles. The van der Waals surface area contributed by atoms with E-state index in [1.165, 1.54) is 24.0 Å². The summed E-state index contributed by atoms with van der Waals surface area (Å²) in [6, 6.07) is 2.07. The molecule has 0 bridgehead atoms. The summed E-state index contributed by atoms with van der Waals surface area (Å²) in [7, 11) is 0. The van der Waals surface area contributed by atoms with Crippen molar-refractivity contribution in [2.24, 2.45) is 0 Å². The molecule has 1 amide bonds. The van der Waals surface area contributed by atoms with Crippen LogP contribution in [0.25, 0.3) is 0 Å². The third-order valence-corrected chi connectivity index (χ3v) is 4.58. The minimum atomic E-state index is -0.0729. The molecule has 1 saturated heterocycles. The maximum atomic E-state index is 11.0. The maximum Gasteiger partial charge on any atom is 0.223 e. The number of likely N-dealkylation sites (tertiary alicyclic amines) is 1. The van der Waals surface area contributed by atoms with E-state index in [2.05, 4.69) is 31.5 Å². The molecular weight excluding hydrogens is 286 g/mol. The van der Waals surface area contributed by atoms with Gasteiger partial charge in [-0.1, -0.05) is 0 Å². The smallest absolute Gasteiger partial charge is 0.223 e. The minimum Gasteiger partial charge on any atom is -0.302 e. The summed E-state index contributed by atoms with van der Waals surface area (Å²) in [5.74, 6) is 0.519. The van der Waals surface area contributed by atoms with Crippen LogP contribution in [0, 0.1) is 0 Å². The van der Waals surface area contributed by atoms with Gasteiger partial charge in [0.1, 0.15) is 0 Å². The lowest BCUT2D eigenvalue weighted by Gasteiger charge is -2.30. The van der Waals surface area contributed by atoms with Crippen LogP contribution in [0.3, 0.4) is 0 Å². The van der Waals surface area contributed by atoms with Crippen molar-refractivity contribution in [3.05, 3.63) is 29.0 Å². The second-order valence-corrected chi connectivity index (χ2v) is 6.25. The Morgan fingerprint density at radius 3 is 3.00 bits per heavy atom. The average molecular weight is 305 g/mol. The predicted octanol–water partition coefficient (Wildman–Crippen LogP) is 2.20. The Hall–Kier alpha value is -1.73. The molecule has 3 rings (SSSR count). The fourth-order valence-corrected chi connectivity index (χ4v) is 3.46. The van der Waals surface area contributed by atoms with Crippen molar-refractivity contribution >= 4 is 22.4 Å². The third-order valence-electron chi connectivity index (χ3n) is 3.77. The van der Waals surface area contributed by atoms with E-state index >= 15 is 0 Å². The quantitative estimate of drug-likeness (QED) is 0.908. The van der Waals surface area contributed by atoms with E-state index in [1.54, 1.807) is 0 Å². The zero-order valence-corrected chi connectivity index (χ0v) is 12.8. The van der Waals surface area contributed by atoms with Crippen molar-refractivity contribution in [2.75, 3.05) is 18.4 Å². The average Bonchev–Trinajstić information content (AvgIpc) is 3.11. The molecule has 0 spiro atoms. The van der Waals surface area contributed by atoms with Gasteiger partial charge in [0.05, 0.1) is 5.69 Å². The fraction of sp³-hybridized carbons (Fsp3) is 0.500. The lowest BCUT2D eigenvalue weighted by Crippen LogP contribution is -2.32. The van der Waals surface area contributed by atoms with Gasteiger partial charge in [-0.15, -0.1) is 11.3 Å². The summed E-state index contributed by atoms with van der Waals surface area (Å²) in [4.78, 5) is 17.9. The van der Waals surface area contributed by atoms with Crippen molar-refractivity contribution in [3.8, 4) is 0 Å². The molecule has 1 aliphatic heterocycles. The lowest BCUT2D eigenvalue weighted by atomic mass is 9.94. The van der Waals surface area contributed by atoms with Crippen LogP contribution in [0.1, 0.15) is 37.1 Å². The zero-order valence-electron chi connectivity index (χ0n) is 12.0. The first-order valence-electron chi connectivity index (χ1n) is 7.14. The number of piperidine rings is 1. The highest BCUT2D eigenvalue weighted by Gasteiger charge is 2.22. The van der Waals surface area contributed by atoms with Gasteiger partial charge < -0.3 is 5.32 Å². The fourth-order valence-electron chi connectivity index (χ4n) is 2.71. The number of aromatic amines is 1. The third kappa shape index (κ3) is 3.68. The van der Waals surface area contributed by atoms with Crippen LogP contribution < -0.4 is 5.32 Å². The summed E-state index contributed by atoms with van der Waals surface area (Å²) in [5.41, 5.74) is 2.28. The molecule has 112 valence electrons. The Morgan fingerprint density at radius 2 is 2.33 bits per heavy atom. The van der Waals surface area contributed by atoms with Gasteiger partial charge >= 0.3 is 0 Å². The molecule has 3 heterocycles. The Morgan fingerprint density at radius 1 is 1.52 bits per heavy atom. The second kappa shape index (κ2) is 6.36. The topological polar surface area (TPSA) is 73.9 Å². The van der Waals surface area contributed by atoms with E-state index in [0.29, 0.717) is 11.0 Å². The predicted molar refractivity (Wildman–Crippen MR) is 82.3 cm³/mol. The van der Waals surface area contributed by atoms with Crippen molar-refractivity contribution in [2.45, 2.75) is 32.2 Å². The molecule has 0 unspecified atom stereocenters. The molecule has 0 radical (unpaired) electrons. The number of nitrogens with zero attached hydrogens (tertiary/aromatic N) is 3. The number of rotatable bonds is 4. The summed E-state index contributed by atoms with van der Waals surface area (Å²) in [6.07, 6.45) is 4.11. The number of thiazole rings is 1. The van der Waals surface area contributed by atoms with E-state index in [4.69, 9.17) is 0 Å². The van der Waals surface area contributed by atoms with Crippen molar-refractivity contribution in [1.29, 1.82) is 0 Å².